The Morgan fingerprint density at radius 3 is 2.58 bits per heavy atom. The van der Waals surface area contributed by atoms with E-state index in [2.05, 4.69) is 5.32 Å². The second kappa shape index (κ2) is 4.89. The molecule has 0 radical (unpaired) electrons. The number of hydrogen-bond acceptors (Lipinski definition) is 4. The minimum atomic E-state index is -0.675. The van der Waals surface area contributed by atoms with Crippen LogP contribution in [-0.2, 0) is 0 Å². The van der Waals surface area contributed by atoms with Crippen molar-refractivity contribution >= 4 is 22.7 Å². The Kier molecular flexibility index (Phi) is 3.28. The van der Waals surface area contributed by atoms with Gasteiger partial charge < -0.3 is 11.1 Å². The number of nitro benzene ring substituents is 1. The summed E-state index contributed by atoms with van der Waals surface area (Å²) < 4.78 is 26.4. The zero-order valence-electron chi connectivity index (χ0n) is 9.56. The van der Waals surface area contributed by atoms with E-state index in [0.29, 0.717) is 0 Å². The van der Waals surface area contributed by atoms with Gasteiger partial charge in [0.1, 0.15) is 11.6 Å². The van der Waals surface area contributed by atoms with Gasteiger partial charge in [-0.1, -0.05) is 0 Å². The first kappa shape index (κ1) is 12.7. The second-order valence-electron chi connectivity index (χ2n) is 3.82. The summed E-state index contributed by atoms with van der Waals surface area (Å²) in [4.78, 5) is 10.0. The lowest BCUT2D eigenvalue weighted by Crippen LogP contribution is -1.98. The summed E-state index contributed by atoms with van der Waals surface area (Å²) in [5.74, 6) is -1.30. The van der Waals surface area contributed by atoms with Crippen LogP contribution in [0.4, 0.5) is 31.5 Å². The first-order valence-electron chi connectivity index (χ1n) is 5.23. The molecule has 0 unspecified atom stereocenters. The summed E-state index contributed by atoms with van der Waals surface area (Å²) in [7, 11) is 0. The van der Waals surface area contributed by atoms with Crippen molar-refractivity contribution in [1.29, 1.82) is 0 Å². The first-order chi connectivity index (χ1) is 8.95. The molecule has 3 N–H and O–H groups in total. The van der Waals surface area contributed by atoms with Gasteiger partial charge in [-0.05, 0) is 18.2 Å². The molecule has 0 aliphatic carbocycles. The monoisotopic (exact) mass is 265 g/mol. The molecular weight excluding hydrogens is 256 g/mol. The Morgan fingerprint density at radius 1 is 1.16 bits per heavy atom. The average Bonchev–Trinajstić information content (AvgIpc) is 2.33. The standard InChI is InChI=1S/C12H9F2N3O2/c13-7-1-2-11(14)12(3-7)16-9-4-8(15)5-10(6-9)17(18)19/h1-6,16H,15H2. The zero-order chi connectivity index (χ0) is 14.0. The number of nitro groups is 1. The van der Waals surface area contributed by atoms with Crippen LogP contribution in [0.15, 0.2) is 36.4 Å². The van der Waals surface area contributed by atoms with Crippen LogP contribution in [0.5, 0.6) is 0 Å². The molecular formula is C12H9F2N3O2. The number of nitrogens with two attached hydrogens (primary N) is 1. The molecule has 2 aromatic rings. The number of nitrogens with zero attached hydrogens (tertiary/aromatic N) is 1. The third kappa shape index (κ3) is 2.95. The van der Waals surface area contributed by atoms with E-state index in [0.717, 1.165) is 18.2 Å². The fourth-order valence-corrected chi connectivity index (χ4v) is 1.56. The molecule has 0 aromatic heterocycles. The molecule has 0 saturated carbocycles. The van der Waals surface area contributed by atoms with E-state index >= 15 is 0 Å². The summed E-state index contributed by atoms with van der Waals surface area (Å²) in [6.07, 6.45) is 0. The topological polar surface area (TPSA) is 81.2 Å². The van der Waals surface area contributed by atoms with Crippen molar-refractivity contribution in [3.63, 3.8) is 0 Å². The van der Waals surface area contributed by atoms with Crippen LogP contribution in [0, 0.1) is 21.7 Å². The number of anilines is 3. The molecule has 0 spiro atoms. The van der Waals surface area contributed by atoms with Gasteiger partial charge in [0.2, 0.25) is 0 Å². The molecule has 2 aromatic carbocycles. The molecule has 0 bridgehead atoms. The van der Waals surface area contributed by atoms with E-state index in [1.807, 2.05) is 0 Å². The molecule has 7 heteroatoms. The Morgan fingerprint density at radius 2 is 1.89 bits per heavy atom. The summed E-state index contributed by atoms with van der Waals surface area (Å²) in [6, 6.07) is 6.62. The van der Waals surface area contributed by atoms with Gasteiger partial charge in [0.05, 0.1) is 10.6 Å². The maximum absolute atomic E-state index is 13.4. The van der Waals surface area contributed by atoms with Crippen LogP contribution in [-0.4, -0.2) is 4.92 Å². The van der Waals surface area contributed by atoms with Gasteiger partial charge >= 0.3 is 0 Å². The van der Waals surface area contributed by atoms with E-state index < -0.39 is 16.6 Å². The number of benzene rings is 2. The van der Waals surface area contributed by atoms with Gasteiger partial charge in [-0.25, -0.2) is 8.78 Å². The fraction of sp³-hybridized carbons (Fsp3) is 0. The SMILES string of the molecule is Nc1cc(Nc2cc(F)ccc2F)cc([N+](=O)[O-])c1. The minimum absolute atomic E-state index is 0.125. The van der Waals surface area contributed by atoms with Crippen LogP contribution in [0.25, 0.3) is 0 Å². The van der Waals surface area contributed by atoms with Crippen LogP contribution >= 0.6 is 0 Å². The van der Waals surface area contributed by atoms with Gasteiger partial charge in [-0.2, -0.15) is 0 Å². The van der Waals surface area contributed by atoms with E-state index in [9.17, 15) is 18.9 Å². The molecule has 0 aliphatic rings. The molecule has 0 fully saturated rings. The van der Waals surface area contributed by atoms with Crippen LogP contribution in [0.2, 0.25) is 0 Å². The Balaban J connectivity index is 2.38. The van der Waals surface area contributed by atoms with Gasteiger partial charge in [-0.3, -0.25) is 10.1 Å². The summed E-state index contributed by atoms with van der Waals surface area (Å²) in [6.45, 7) is 0. The molecule has 0 saturated heterocycles. The van der Waals surface area contributed by atoms with Crippen molar-refractivity contribution in [3.05, 3.63) is 58.1 Å². The third-order valence-corrected chi connectivity index (χ3v) is 2.36. The highest BCUT2D eigenvalue weighted by Gasteiger charge is 2.10. The average molecular weight is 265 g/mol. The van der Waals surface area contributed by atoms with Crippen molar-refractivity contribution in [2.24, 2.45) is 0 Å². The number of nitrogens with one attached hydrogen (secondary N) is 1. The molecule has 0 atom stereocenters. The molecule has 19 heavy (non-hydrogen) atoms. The maximum Gasteiger partial charge on any atom is 0.273 e. The quantitative estimate of drug-likeness (QED) is 0.507. The van der Waals surface area contributed by atoms with E-state index in [1.54, 1.807) is 0 Å². The van der Waals surface area contributed by atoms with Crippen LogP contribution < -0.4 is 11.1 Å². The highest BCUT2D eigenvalue weighted by molar-refractivity contribution is 5.67. The van der Waals surface area contributed by atoms with Gasteiger partial charge in [0.15, 0.2) is 0 Å². The number of rotatable bonds is 3. The van der Waals surface area contributed by atoms with Crippen LogP contribution in [0.3, 0.4) is 0 Å². The first-order valence-corrected chi connectivity index (χ1v) is 5.23. The molecule has 2 rings (SSSR count). The van der Waals surface area contributed by atoms with Gasteiger partial charge in [0.25, 0.3) is 5.69 Å². The van der Waals surface area contributed by atoms with Crippen molar-refractivity contribution in [2.45, 2.75) is 0 Å². The Bertz CT molecular complexity index is 647. The molecule has 0 amide bonds. The van der Waals surface area contributed by atoms with E-state index in [-0.39, 0.29) is 22.7 Å². The predicted octanol–water partition coefficient (Wildman–Crippen LogP) is 3.20. The largest absolute Gasteiger partial charge is 0.398 e. The lowest BCUT2D eigenvalue weighted by atomic mass is 10.2. The van der Waals surface area contributed by atoms with Crippen molar-refractivity contribution in [1.82, 2.24) is 0 Å². The van der Waals surface area contributed by atoms with E-state index in [4.69, 9.17) is 5.73 Å². The normalized spacial score (nSPS) is 10.2. The molecule has 0 heterocycles. The molecule has 0 aliphatic heterocycles. The predicted molar refractivity (Wildman–Crippen MR) is 67.1 cm³/mol. The highest BCUT2D eigenvalue weighted by Crippen LogP contribution is 2.26. The molecule has 5 nitrogen and oxygen atoms in total. The zero-order valence-corrected chi connectivity index (χ0v) is 9.56. The smallest absolute Gasteiger partial charge is 0.273 e. The number of nitrogen functional groups attached to an aromatic ring is 1. The van der Waals surface area contributed by atoms with Crippen molar-refractivity contribution < 1.29 is 13.7 Å². The van der Waals surface area contributed by atoms with E-state index in [1.165, 1.54) is 18.2 Å². The van der Waals surface area contributed by atoms with Gasteiger partial charge in [0, 0.05) is 29.6 Å². The lowest BCUT2D eigenvalue weighted by molar-refractivity contribution is -0.384. The summed E-state index contributed by atoms with van der Waals surface area (Å²) >= 11 is 0. The number of hydrogen-bond donors (Lipinski definition) is 2. The fourth-order valence-electron chi connectivity index (χ4n) is 1.56. The van der Waals surface area contributed by atoms with Crippen molar-refractivity contribution in [3.8, 4) is 0 Å². The Labute approximate surface area is 106 Å². The van der Waals surface area contributed by atoms with Gasteiger partial charge in [-0.15, -0.1) is 0 Å². The Hall–Kier alpha value is -2.70. The lowest BCUT2D eigenvalue weighted by Gasteiger charge is -2.08. The maximum atomic E-state index is 13.4. The third-order valence-electron chi connectivity index (χ3n) is 2.36. The number of halogens is 2. The van der Waals surface area contributed by atoms with Crippen molar-refractivity contribution in [2.75, 3.05) is 11.1 Å². The minimum Gasteiger partial charge on any atom is -0.398 e. The highest BCUT2D eigenvalue weighted by atomic mass is 19.1. The number of non-ortho nitro benzene ring substituents is 1. The van der Waals surface area contributed by atoms with Crippen LogP contribution in [0.1, 0.15) is 0 Å². The summed E-state index contributed by atoms with van der Waals surface area (Å²) in [5.41, 5.74) is 5.50. The molecule has 98 valence electrons. The summed E-state index contributed by atoms with van der Waals surface area (Å²) in [5, 5.41) is 13.2. The second-order valence-corrected chi connectivity index (χ2v) is 3.82.